The fraction of sp³-hybridized carbons (Fsp3) is 0. The summed E-state index contributed by atoms with van der Waals surface area (Å²) in [5, 5.41) is 2.55. The van der Waals surface area contributed by atoms with Crippen LogP contribution in [0.5, 0.6) is 0 Å². The maximum Gasteiger partial charge on any atom is 0.202 e. The molecule has 0 aromatic heterocycles. The first-order valence-electron chi connectivity index (χ1n) is 7.64. The number of fused-ring (bicyclic) bond motifs is 4. The number of hydrogen-bond donors (Lipinski definition) is 0. The molecule has 2 aliphatic rings. The zero-order chi connectivity index (χ0) is 17.1. The zero-order valence-corrected chi connectivity index (χ0v) is 15.1. The van der Waals surface area contributed by atoms with Crippen LogP contribution in [0.15, 0.2) is 74.2 Å². The highest BCUT2D eigenvalue weighted by atomic mass is 35.5. The summed E-state index contributed by atoms with van der Waals surface area (Å²) >= 11 is 8.76. The number of halogens is 1. The molecule has 0 aliphatic carbocycles. The summed E-state index contributed by atoms with van der Waals surface area (Å²) in [6.45, 7) is 0. The second-order valence-electron chi connectivity index (χ2n) is 5.82. The molecular weight excluding hydrogens is 372 g/mol. The van der Waals surface area contributed by atoms with Gasteiger partial charge in [-0.3, -0.25) is 9.59 Å². The van der Waals surface area contributed by atoms with E-state index in [0.717, 1.165) is 20.6 Å². The van der Waals surface area contributed by atoms with E-state index in [2.05, 4.69) is 0 Å². The van der Waals surface area contributed by atoms with Crippen molar-refractivity contribution in [3.63, 3.8) is 0 Å². The van der Waals surface area contributed by atoms with Gasteiger partial charge in [0.2, 0.25) is 11.6 Å². The number of benzene rings is 3. The van der Waals surface area contributed by atoms with Gasteiger partial charge in [0, 0.05) is 25.9 Å². The molecule has 5 heteroatoms. The molecule has 0 fully saturated rings. The van der Waals surface area contributed by atoms with Gasteiger partial charge < -0.3 is 0 Å². The summed E-state index contributed by atoms with van der Waals surface area (Å²) in [4.78, 5) is 28.6. The quantitative estimate of drug-likeness (QED) is 0.449. The minimum Gasteiger partial charge on any atom is -0.288 e. The molecule has 0 atom stereocenters. The number of hydrogen-bond acceptors (Lipinski definition) is 4. The van der Waals surface area contributed by atoms with Crippen molar-refractivity contribution in [3.8, 4) is 0 Å². The van der Waals surface area contributed by atoms with E-state index in [1.807, 2.05) is 36.4 Å². The van der Waals surface area contributed by atoms with Crippen LogP contribution in [-0.4, -0.2) is 11.6 Å². The van der Waals surface area contributed by atoms with Gasteiger partial charge in [-0.2, -0.15) is 0 Å². The molecule has 3 aromatic carbocycles. The molecule has 0 unspecified atom stereocenters. The second kappa shape index (κ2) is 5.49. The Kier molecular flexibility index (Phi) is 3.35. The molecule has 0 bridgehead atoms. The van der Waals surface area contributed by atoms with Gasteiger partial charge >= 0.3 is 0 Å². The summed E-state index contributed by atoms with van der Waals surface area (Å²) in [7, 11) is 0. The largest absolute Gasteiger partial charge is 0.288 e. The molecule has 5 rings (SSSR count). The monoisotopic (exact) mass is 380 g/mol. The highest BCUT2D eigenvalue weighted by Crippen LogP contribution is 2.51. The van der Waals surface area contributed by atoms with Crippen molar-refractivity contribution in [2.45, 2.75) is 9.79 Å². The lowest BCUT2D eigenvalue weighted by atomic mass is 10.0. The van der Waals surface area contributed by atoms with Gasteiger partial charge in [-0.1, -0.05) is 65.5 Å². The predicted molar refractivity (Wildman–Crippen MR) is 103 cm³/mol. The van der Waals surface area contributed by atoms with Crippen LogP contribution in [0.25, 0.3) is 10.8 Å². The van der Waals surface area contributed by atoms with E-state index in [-0.39, 0.29) is 11.6 Å². The molecule has 2 aliphatic heterocycles. The van der Waals surface area contributed by atoms with Gasteiger partial charge in [-0.15, -0.1) is 0 Å². The van der Waals surface area contributed by atoms with E-state index < -0.39 is 0 Å². The fourth-order valence-electron chi connectivity index (χ4n) is 3.19. The third-order valence-corrected chi connectivity index (χ3v) is 7.02. The molecular formula is C20H9ClO2S2. The number of thioether (sulfide) groups is 2. The van der Waals surface area contributed by atoms with E-state index in [1.54, 1.807) is 18.2 Å². The number of Topliss-reactive ketones (excluding diaryl/α,β-unsaturated/α-hetero) is 2. The first-order valence-corrected chi connectivity index (χ1v) is 9.65. The molecule has 0 saturated carbocycles. The van der Waals surface area contributed by atoms with Crippen LogP contribution in [0, 0.1) is 0 Å². The van der Waals surface area contributed by atoms with Gasteiger partial charge in [0.05, 0.1) is 9.81 Å². The summed E-state index contributed by atoms with van der Waals surface area (Å²) in [6, 6.07) is 17.0. The first-order chi connectivity index (χ1) is 12.1. The van der Waals surface area contributed by atoms with E-state index in [0.29, 0.717) is 26.0 Å². The van der Waals surface area contributed by atoms with Gasteiger partial charge in [0.15, 0.2) is 0 Å². The minimum absolute atomic E-state index is 0.0634. The standard InChI is InChI=1S/C20H9ClO2S2/c21-11-6-7-13-15(9-11)25-19(17(13)22)20-18(23)16-12-4-2-1-3-10(12)5-8-14(16)24-20/h1-9H. The fourth-order valence-corrected chi connectivity index (χ4v) is 5.78. The van der Waals surface area contributed by atoms with Crippen molar-refractivity contribution in [1.82, 2.24) is 0 Å². The van der Waals surface area contributed by atoms with E-state index in [4.69, 9.17) is 11.6 Å². The number of carbonyl (C=O) groups is 2. The van der Waals surface area contributed by atoms with Crippen molar-refractivity contribution in [2.75, 3.05) is 0 Å². The lowest BCUT2D eigenvalue weighted by Crippen LogP contribution is -2.02. The molecule has 0 spiro atoms. The lowest BCUT2D eigenvalue weighted by Gasteiger charge is -2.02. The topological polar surface area (TPSA) is 34.1 Å². The number of allylic oxidation sites excluding steroid dienone is 2. The van der Waals surface area contributed by atoms with Gasteiger partial charge in [0.25, 0.3) is 0 Å². The van der Waals surface area contributed by atoms with Crippen LogP contribution in [0.2, 0.25) is 5.02 Å². The normalized spacial score (nSPS) is 18.8. The number of ketones is 2. The van der Waals surface area contributed by atoms with Crippen LogP contribution in [0.3, 0.4) is 0 Å². The molecule has 0 radical (unpaired) electrons. The summed E-state index contributed by atoms with van der Waals surface area (Å²) < 4.78 is 0. The molecule has 2 heterocycles. The third kappa shape index (κ3) is 2.21. The minimum atomic E-state index is -0.0929. The highest BCUT2D eigenvalue weighted by molar-refractivity contribution is 8.08. The van der Waals surface area contributed by atoms with Crippen molar-refractivity contribution >= 4 is 57.5 Å². The molecule has 25 heavy (non-hydrogen) atoms. The first kappa shape index (κ1) is 15.3. The average molecular weight is 381 g/mol. The Morgan fingerprint density at radius 3 is 2.40 bits per heavy atom. The van der Waals surface area contributed by atoms with Crippen LogP contribution in [-0.2, 0) is 0 Å². The molecule has 3 aromatic rings. The molecule has 120 valence electrons. The Balaban J connectivity index is 1.68. The van der Waals surface area contributed by atoms with Crippen molar-refractivity contribution < 1.29 is 9.59 Å². The zero-order valence-electron chi connectivity index (χ0n) is 12.7. The van der Waals surface area contributed by atoms with Crippen LogP contribution < -0.4 is 0 Å². The number of rotatable bonds is 0. The Labute approximate surface area is 157 Å². The predicted octanol–water partition coefficient (Wildman–Crippen LogP) is 5.98. The van der Waals surface area contributed by atoms with E-state index in [9.17, 15) is 9.59 Å². The van der Waals surface area contributed by atoms with Gasteiger partial charge in [0.1, 0.15) is 0 Å². The summed E-state index contributed by atoms with van der Waals surface area (Å²) in [5.41, 5.74) is 1.32. The molecule has 0 amide bonds. The molecule has 2 nitrogen and oxygen atoms in total. The molecule has 0 saturated heterocycles. The van der Waals surface area contributed by atoms with Gasteiger partial charge in [-0.25, -0.2) is 0 Å². The van der Waals surface area contributed by atoms with Crippen LogP contribution in [0.1, 0.15) is 20.7 Å². The average Bonchev–Trinajstić information content (AvgIpc) is 3.12. The molecule has 0 N–H and O–H groups in total. The number of carbonyl (C=O) groups excluding carboxylic acids is 2. The highest BCUT2D eigenvalue weighted by Gasteiger charge is 2.36. The summed E-state index contributed by atoms with van der Waals surface area (Å²) in [5.74, 6) is -0.156. The Bertz CT molecular complexity index is 1150. The third-order valence-electron chi connectivity index (χ3n) is 4.35. The smallest absolute Gasteiger partial charge is 0.202 e. The Hall–Kier alpha value is -2.01. The van der Waals surface area contributed by atoms with Crippen LogP contribution >= 0.6 is 35.1 Å². The van der Waals surface area contributed by atoms with Gasteiger partial charge in [-0.05, 0) is 35.0 Å². The van der Waals surface area contributed by atoms with Crippen LogP contribution in [0.4, 0.5) is 0 Å². The van der Waals surface area contributed by atoms with E-state index >= 15 is 0 Å². The van der Waals surface area contributed by atoms with E-state index in [1.165, 1.54) is 23.5 Å². The van der Waals surface area contributed by atoms with Crippen molar-refractivity contribution in [1.29, 1.82) is 0 Å². The Morgan fingerprint density at radius 2 is 1.52 bits per heavy atom. The summed E-state index contributed by atoms with van der Waals surface area (Å²) in [6.07, 6.45) is 0. The lowest BCUT2D eigenvalue weighted by molar-refractivity contribution is 0.101. The second-order valence-corrected chi connectivity index (χ2v) is 8.36. The van der Waals surface area contributed by atoms with Crippen molar-refractivity contribution in [2.24, 2.45) is 0 Å². The SMILES string of the molecule is O=C1C(=C2Sc3ccc4ccccc4c3C2=O)Sc2cc(Cl)ccc21. The Morgan fingerprint density at radius 1 is 0.760 bits per heavy atom. The van der Waals surface area contributed by atoms with Crippen molar-refractivity contribution in [3.05, 3.63) is 80.6 Å². The maximum absolute atomic E-state index is 13.1. The maximum atomic E-state index is 13.1.